The Morgan fingerprint density at radius 2 is 2.10 bits per heavy atom. The van der Waals surface area contributed by atoms with Gasteiger partial charge in [-0.2, -0.15) is 13.2 Å². The van der Waals surface area contributed by atoms with Crippen molar-refractivity contribution >= 4 is 23.4 Å². The van der Waals surface area contributed by atoms with E-state index >= 15 is 0 Å². The molecule has 0 aliphatic carbocycles. The van der Waals surface area contributed by atoms with Gasteiger partial charge in [0, 0.05) is 24.8 Å². The average Bonchev–Trinajstić information content (AvgIpc) is 2.78. The largest absolute Gasteiger partial charge is 0.440 e. The van der Waals surface area contributed by atoms with E-state index in [1.807, 2.05) is 0 Å². The number of carbonyl (C=O) groups excluding carboxylic acids is 2. The van der Waals surface area contributed by atoms with Crippen LogP contribution < -0.4 is 10.2 Å². The Bertz CT molecular complexity index is 572. The van der Waals surface area contributed by atoms with Gasteiger partial charge in [-0.3, -0.25) is 10.1 Å². The van der Waals surface area contributed by atoms with Crippen LogP contribution >= 0.6 is 0 Å². The van der Waals surface area contributed by atoms with E-state index < -0.39 is 18.9 Å². The predicted molar refractivity (Wildman–Crippen MR) is 69.2 cm³/mol. The van der Waals surface area contributed by atoms with Gasteiger partial charge in [0.05, 0.1) is 0 Å². The van der Waals surface area contributed by atoms with Crippen molar-refractivity contribution in [2.45, 2.75) is 19.5 Å². The summed E-state index contributed by atoms with van der Waals surface area (Å²) in [6.07, 6.45) is -5.10. The molecular formula is C13H13F3N2O3. The summed E-state index contributed by atoms with van der Waals surface area (Å²) in [6, 6.07) is 4.77. The molecule has 1 aromatic rings. The molecule has 0 saturated carbocycles. The molecule has 0 aromatic heterocycles. The molecule has 1 aliphatic rings. The van der Waals surface area contributed by atoms with Gasteiger partial charge in [-0.25, -0.2) is 4.79 Å². The standard InChI is InChI=1S/C13H13F3N2O3/c1-8(19)18-5-4-9-6-10(2-3-11(9)18)17-12(20)21-7-13(14,15)16/h2-3,6H,4-5,7H2,1H3,(H,17,20). The SMILES string of the molecule is CC(=O)N1CCc2cc(NC(=O)OCC(F)(F)F)ccc21. The van der Waals surface area contributed by atoms with Crippen LogP contribution in [0.1, 0.15) is 12.5 Å². The van der Waals surface area contributed by atoms with Crippen molar-refractivity contribution in [1.29, 1.82) is 0 Å². The first-order valence-electron chi connectivity index (χ1n) is 6.18. The maximum absolute atomic E-state index is 11.9. The highest BCUT2D eigenvalue weighted by Crippen LogP contribution is 2.30. The molecule has 0 unspecified atom stereocenters. The number of rotatable bonds is 2. The minimum atomic E-state index is -4.56. The molecule has 0 radical (unpaired) electrons. The van der Waals surface area contributed by atoms with Crippen molar-refractivity contribution in [3.8, 4) is 0 Å². The molecule has 0 fully saturated rings. The fraction of sp³-hybridized carbons (Fsp3) is 0.385. The summed E-state index contributed by atoms with van der Waals surface area (Å²) in [6.45, 7) is 0.365. The molecule has 114 valence electrons. The highest BCUT2D eigenvalue weighted by Gasteiger charge is 2.29. The fourth-order valence-electron chi connectivity index (χ4n) is 2.11. The number of hydrogen-bond acceptors (Lipinski definition) is 3. The third kappa shape index (κ3) is 3.87. The van der Waals surface area contributed by atoms with Crippen LogP contribution in [0.2, 0.25) is 0 Å². The molecule has 21 heavy (non-hydrogen) atoms. The number of fused-ring (bicyclic) bond motifs is 1. The van der Waals surface area contributed by atoms with Gasteiger partial charge in [-0.1, -0.05) is 0 Å². The Kier molecular flexibility index (Phi) is 4.06. The first kappa shape index (κ1) is 15.1. The van der Waals surface area contributed by atoms with Crippen LogP contribution in [-0.2, 0) is 16.0 Å². The summed E-state index contributed by atoms with van der Waals surface area (Å²) in [4.78, 5) is 24.2. The first-order chi connectivity index (χ1) is 9.76. The Labute approximate surface area is 118 Å². The minimum absolute atomic E-state index is 0.0842. The van der Waals surface area contributed by atoms with E-state index in [2.05, 4.69) is 10.1 Å². The van der Waals surface area contributed by atoms with Crippen LogP contribution in [0.25, 0.3) is 0 Å². The summed E-state index contributed by atoms with van der Waals surface area (Å²) >= 11 is 0. The number of ether oxygens (including phenoxy) is 1. The van der Waals surface area contributed by atoms with Gasteiger partial charge in [0.25, 0.3) is 0 Å². The molecule has 0 saturated heterocycles. The molecule has 1 aromatic carbocycles. The highest BCUT2D eigenvalue weighted by molar-refractivity contribution is 5.94. The van der Waals surface area contributed by atoms with Gasteiger partial charge in [0.1, 0.15) is 0 Å². The molecule has 8 heteroatoms. The number of amides is 2. The molecule has 2 rings (SSSR count). The quantitative estimate of drug-likeness (QED) is 0.914. The van der Waals surface area contributed by atoms with Gasteiger partial charge in [0.2, 0.25) is 5.91 Å². The molecule has 1 heterocycles. The second-order valence-electron chi connectivity index (χ2n) is 4.58. The van der Waals surface area contributed by atoms with Crippen molar-refractivity contribution in [2.24, 2.45) is 0 Å². The van der Waals surface area contributed by atoms with Crippen molar-refractivity contribution in [3.05, 3.63) is 23.8 Å². The van der Waals surface area contributed by atoms with Gasteiger partial charge in [-0.15, -0.1) is 0 Å². The monoisotopic (exact) mass is 302 g/mol. The summed E-state index contributed by atoms with van der Waals surface area (Å²) < 4.78 is 39.8. The zero-order valence-electron chi connectivity index (χ0n) is 11.2. The predicted octanol–water partition coefficient (Wildman–Crippen LogP) is 2.71. The lowest BCUT2D eigenvalue weighted by atomic mass is 10.1. The summed E-state index contributed by atoms with van der Waals surface area (Å²) in [5, 5.41) is 2.22. The number of benzene rings is 1. The van der Waals surface area contributed by atoms with Gasteiger partial charge < -0.3 is 9.64 Å². The average molecular weight is 302 g/mol. The molecular weight excluding hydrogens is 289 g/mol. The van der Waals surface area contributed by atoms with E-state index in [9.17, 15) is 22.8 Å². The van der Waals surface area contributed by atoms with E-state index in [1.165, 1.54) is 13.0 Å². The zero-order chi connectivity index (χ0) is 15.6. The summed E-state index contributed by atoms with van der Waals surface area (Å²) in [5.41, 5.74) is 1.92. The van der Waals surface area contributed by atoms with Gasteiger partial charge in [-0.05, 0) is 30.2 Å². The summed E-state index contributed by atoms with van der Waals surface area (Å²) in [5.74, 6) is -0.0842. The Morgan fingerprint density at radius 1 is 1.38 bits per heavy atom. The first-order valence-corrected chi connectivity index (χ1v) is 6.18. The molecule has 0 atom stereocenters. The number of alkyl halides is 3. The molecule has 0 spiro atoms. The van der Waals surface area contributed by atoms with Crippen molar-refractivity contribution < 1.29 is 27.5 Å². The van der Waals surface area contributed by atoms with Crippen LogP contribution in [0, 0.1) is 0 Å². The molecule has 1 N–H and O–H groups in total. The van der Waals surface area contributed by atoms with Crippen molar-refractivity contribution in [1.82, 2.24) is 0 Å². The summed E-state index contributed by atoms with van der Waals surface area (Å²) in [7, 11) is 0. The van der Waals surface area contributed by atoms with Crippen LogP contribution in [0.5, 0.6) is 0 Å². The van der Waals surface area contributed by atoms with Crippen molar-refractivity contribution in [3.63, 3.8) is 0 Å². The van der Waals surface area contributed by atoms with Gasteiger partial charge in [0.15, 0.2) is 6.61 Å². The maximum Gasteiger partial charge on any atom is 0.422 e. The van der Waals surface area contributed by atoms with Crippen LogP contribution in [0.3, 0.4) is 0 Å². The number of nitrogens with one attached hydrogen (secondary N) is 1. The number of anilines is 2. The van der Waals surface area contributed by atoms with Crippen LogP contribution in [-0.4, -0.2) is 31.3 Å². The minimum Gasteiger partial charge on any atom is -0.440 e. The van der Waals surface area contributed by atoms with E-state index in [4.69, 9.17) is 0 Å². The third-order valence-corrected chi connectivity index (χ3v) is 2.97. The fourth-order valence-corrected chi connectivity index (χ4v) is 2.11. The lowest BCUT2D eigenvalue weighted by Gasteiger charge is -2.15. The second kappa shape index (κ2) is 5.63. The molecule has 0 bridgehead atoms. The molecule has 1 aliphatic heterocycles. The number of halogens is 3. The van der Waals surface area contributed by atoms with E-state index in [1.54, 1.807) is 17.0 Å². The highest BCUT2D eigenvalue weighted by atomic mass is 19.4. The van der Waals surface area contributed by atoms with Crippen LogP contribution in [0.15, 0.2) is 18.2 Å². The Balaban J connectivity index is 2.00. The molecule has 2 amide bonds. The zero-order valence-corrected chi connectivity index (χ0v) is 11.2. The maximum atomic E-state index is 11.9. The second-order valence-corrected chi connectivity index (χ2v) is 4.58. The van der Waals surface area contributed by atoms with Gasteiger partial charge >= 0.3 is 12.3 Å². The number of carbonyl (C=O) groups is 2. The lowest BCUT2D eigenvalue weighted by molar-refractivity contribution is -0.159. The normalized spacial score (nSPS) is 13.8. The lowest BCUT2D eigenvalue weighted by Crippen LogP contribution is -2.25. The van der Waals surface area contributed by atoms with E-state index in [0.29, 0.717) is 18.7 Å². The van der Waals surface area contributed by atoms with E-state index in [-0.39, 0.29) is 5.91 Å². The third-order valence-electron chi connectivity index (χ3n) is 2.97. The van der Waals surface area contributed by atoms with E-state index in [0.717, 1.165) is 11.3 Å². The van der Waals surface area contributed by atoms with Crippen LogP contribution in [0.4, 0.5) is 29.3 Å². The molecule has 5 nitrogen and oxygen atoms in total. The smallest absolute Gasteiger partial charge is 0.422 e. The Morgan fingerprint density at radius 3 is 2.71 bits per heavy atom. The Hall–Kier alpha value is -2.25. The number of nitrogens with zero attached hydrogens (tertiary/aromatic N) is 1. The van der Waals surface area contributed by atoms with Crippen molar-refractivity contribution in [2.75, 3.05) is 23.4 Å². The number of hydrogen-bond donors (Lipinski definition) is 1. The topological polar surface area (TPSA) is 58.6 Å².